The van der Waals surface area contributed by atoms with Crippen LogP contribution < -0.4 is 10.1 Å². The van der Waals surface area contributed by atoms with E-state index in [1.54, 1.807) is 11.0 Å². The van der Waals surface area contributed by atoms with Crippen molar-refractivity contribution < 1.29 is 27.9 Å². The molecule has 0 saturated carbocycles. The largest absolute Gasteiger partial charge is 0.434 e. The topological polar surface area (TPSA) is 79.0 Å². The van der Waals surface area contributed by atoms with Crippen molar-refractivity contribution in [3.8, 4) is 5.75 Å². The van der Waals surface area contributed by atoms with Crippen LogP contribution in [0.1, 0.15) is 31.1 Å². The van der Waals surface area contributed by atoms with E-state index in [0.717, 1.165) is 0 Å². The molecule has 9 heteroatoms. The molecule has 1 saturated heterocycles. The van der Waals surface area contributed by atoms with Gasteiger partial charge in [-0.15, -0.1) is 0 Å². The Morgan fingerprint density at radius 1 is 1.04 bits per heavy atom. The summed E-state index contributed by atoms with van der Waals surface area (Å²) in [6.45, 7) is 3.15. The molecular weight excluding hydrogens is 372 g/mol. The summed E-state index contributed by atoms with van der Waals surface area (Å²) in [6.07, 6.45) is 0. The summed E-state index contributed by atoms with van der Waals surface area (Å²) >= 11 is 0. The van der Waals surface area contributed by atoms with Crippen LogP contribution in [-0.4, -0.2) is 66.4 Å². The van der Waals surface area contributed by atoms with Gasteiger partial charge in [0.2, 0.25) is 11.8 Å². The number of carbonyl (C=O) groups excluding carboxylic acids is 3. The Bertz CT molecular complexity index is 719. The molecule has 1 heterocycles. The molecule has 1 aliphatic heterocycles. The van der Waals surface area contributed by atoms with Crippen LogP contribution in [0, 0.1) is 5.92 Å². The van der Waals surface area contributed by atoms with Crippen LogP contribution in [0.3, 0.4) is 0 Å². The van der Waals surface area contributed by atoms with Crippen molar-refractivity contribution in [3.05, 3.63) is 29.8 Å². The second kappa shape index (κ2) is 9.48. The van der Waals surface area contributed by atoms with Crippen LogP contribution in [0.2, 0.25) is 0 Å². The van der Waals surface area contributed by atoms with Gasteiger partial charge in [0.1, 0.15) is 11.8 Å². The molecule has 28 heavy (non-hydrogen) atoms. The summed E-state index contributed by atoms with van der Waals surface area (Å²) in [4.78, 5) is 39.9. The van der Waals surface area contributed by atoms with Crippen molar-refractivity contribution >= 4 is 17.7 Å². The van der Waals surface area contributed by atoms with Crippen molar-refractivity contribution in [2.45, 2.75) is 33.4 Å². The van der Waals surface area contributed by atoms with Gasteiger partial charge in [0.25, 0.3) is 5.91 Å². The first-order valence-electron chi connectivity index (χ1n) is 9.09. The standard InChI is InChI=1S/C19H25F2N3O4/c1-12(2)16(22-13(3)25)18(27)24-10-8-23(9-11-24)17(26)14-6-4-5-7-15(14)28-19(20)21/h4-7,12,16,19H,8-11H2,1-3H3,(H,22,25). The molecule has 2 rings (SSSR count). The quantitative estimate of drug-likeness (QED) is 0.793. The molecule has 1 atom stereocenters. The van der Waals surface area contributed by atoms with Gasteiger partial charge < -0.3 is 19.9 Å². The van der Waals surface area contributed by atoms with Crippen LogP contribution >= 0.6 is 0 Å². The van der Waals surface area contributed by atoms with E-state index in [2.05, 4.69) is 10.1 Å². The second-order valence-electron chi connectivity index (χ2n) is 6.91. The monoisotopic (exact) mass is 397 g/mol. The van der Waals surface area contributed by atoms with Crippen LogP contribution in [0.5, 0.6) is 5.75 Å². The highest BCUT2D eigenvalue weighted by Gasteiger charge is 2.32. The fourth-order valence-corrected chi connectivity index (χ4v) is 3.07. The minimum Gasteiger partial charge on any atom is -0.434 e. The van der Waals surface area contributed by atoms with Gasteiger partial charge in [-0.3, -0.25) is 14.4 Å². The predicted molar refractivity (Wildman–Crippen MR) is 98.0 cm³/mol. The lowest BCUT2D eigenvalue weighted by atomic mass is 10.0. The number of hydrogen-bond donors (Lipinski definition) is 1. The number of alkyl halides is 2. The van der Waals surface area contributed by atoms with Gasteiger partial charge >= 0.3 is 6.61 Å². The summed E-state index contributed by atoms with van der Waals surface area (Å²) in [5.74, 6) is -1.15. The highest BCUT2D eigenvalue weighted by molar-refractivity contribution is 5.97. The number of nitrogens with zero attached hydrogens (tertiary/aromatic N) is 2. The minimum absolute atomic E-state index is 0.0564. The molecule has 1 aromatic rings. The van der Waals surface area contributed by atoms with E-state index < -0.39 is 18.6 Å². The summed E-state index contributed by atoms with van der Waals surface area (Å²) in [7, 11) is 0. The average Bonchev–Trinajstić information content (AvgIpc) is 2.65. The van der Waals surface area contributed by atoms with Gasteiger partial charge in [0.05, 0.1) is 5.56 Å². The molecule has 0 radical (unpaired) electrons. The lowest BCUT2D eigenvalue weighted by Crippen LogP contribution is -2.57. The van der Waals surface area contributed by atoms with Crippen LogP contribution in [-0.2, 0) is 9.59 Å². The zero-order valence-electron chi connectivity index (χ0n) is 16.2. The van der Waals surface area contributed by atoms with Gasteiger partial charge in [-0.1, -0.05) is 26.0 Å². The maximum absolute atomic E-state index is 12.7. The van der Waals surface area contributed by atoms with E-state index in [-0.39, 0.29) is 42.1 Å². The van der Waals surface area contributed by atoms with Gasteiger partial charge in [-0.25, -0.2) is 0 Å². The third kappa shape index (κ3) is 5.40. The lowest BCUT2D eigenvalue weighted by molar-refractivity contribution is -0.138. The predicted octanol–water partition coefficient (Wildman–Crippen LogP) is 1.73. The summed E-state index contributed by atoms with van der Waals surface area (Å²) in [6, 6.07) is 5.22. The maximum Gasteiger partial charge on any atom is 0.387 e. The summed E-state index contributed by atoms with van der Waals surface area (Å²) in [5.41, 5.74) is 0.0564. The molecule has 0 bridgehead atoms. The van der Waals surface area contributed by atoms with Gasteiger partial charge in [0.15, 0.2) is 0 Å². The number of para-hydroxylation sites is 1. The fraction of sp³-hybridized carbons (Fsp3) is 0.526. The van der Waals surface area contributed by atoms with Gasteiger partial charge in [0, 0.05) is 33.1 Å². The van der Waals surface area contributed by atoms with Crippen molar-refractivity contribution in [1.29, 1.82) is 0 Å². The summed E-state index contributed by atoms with van der Waals surface area (Å²) < 4.78 is 29.5. The molecule has 1 unspecified atom stereocenters. The van der Waals surface area contributed by atoms with Crippen LogP contribution in [0.15, 0.2) is 24.3 Å². The number of hydrogen-bond acceptors (Lipinski definition) is 4. The second-order valence-corrected chi connectivity index (χ2v) is 6.91. The fourth-order valence-electron chi connectivity index (χ4n) is 3.07. The molecule has 1 aliphatic rings. The van der Waals surface area contributed by atoms with E-state index in [1.165, 1.54) is 30.0 Å². The lowest BCUT2D eigenvalue weighted by Gasteiger charge is -2.37. The Kier molecular flexibility index (Phi) is 7.31. The minimum atomic E-state index is -3.02. The van der Waals surface area contributed by atoms with Crippen molar-refractivity contribution in [2.75, 3.05) is 26.2 Å². The molecule has 3 amide bonds. The van der Waals surface area contributed by atoms with E-state index >= 15 is 0 Å². The van der Waals surface area contributed by atoms with E-state index in [9.17, 15) is 23.2 Å². The third-order valence-corrected chi connectivity index (χ3v) is 4.50. The first-order chi connectivity index (χ1) is 13.2. The maximum atomic E-state index is 12.7. The number of rotatable bonds is 6. The van der Waals surface area contributed by atoms with Crippen molar-refractivity contribution in [2.24, 2.45) is 5.92 Å². The van der Waals surface area contributed by atoms with Crippen molar-refractivity contribution in [3.63, 3.8) is 0 Å². The summed E-state index contributed by atoms with van der Waals surface area (Å²) in [5, 5.41) is 2.66. The Balaban J connectivity index is 2.03. The number of benzene rings is 1. The number of piperazine rings is 1. The molecule has 1 fully saturated rings. The Hall–Kier alpha value is -2.71. The SMILES string of the molecule is CC(=O)NC(C(=O)N1CCN(C(=O)c2ccccc2OC(F)F)CC1)C(C)C. The molecule has 7 nitrogen and oxygen atoms in total. The molecule has 0 aliphatic carbocycles. The molecule has 1 aromatic carbocycles. The molecule has 0 spiro atoms. The highest BCUT2D eigenvalue weighted by Crippen LogP contribution is 2.22. The zero-order valence-corrected chi connectivity index (χ0v) is 16.2. The zero-order chi connectivity index (χ0) is 20.8. The van der Waals surface area contributed by atoms with Crippen LogP contribution in [0.4, 0.5) is 8.78 Å². The molecular formula is C19H25F2N3O4. The van der Waals surface area contributed by atoms with E-state index in [1.807, 2.05) is 13.8 Å². The first kappa shape index (κ1) is 21.6. The number of amides is 3. The van der Waals surface area contributed by atoms with Gasteiger partial charge in [-0.05, 0) is 18.1 Å². The van der Waals surface area contributed by atoms with Crippen molar-refractivity contribution in [1.82, 2.24) is 15.1 Å². The molecule has 0 aromatic heterocycles. The smallest absolute Gasteiger partial charge is 0.387 e. The number of halogens is 2. The molecule has 154 valence electrons. The van der Waals surface area contributed by atoms with E-state index in [4.69, 9.17) is 0 Å². The number of carbonyl (C=O) groups is 3. The third-order valence-electron chi connectivity index (χ3n) is 4.50. The van der Waals surface area contributed by atoms with Gasteiger partial charge in [-0.2, -0.15) is 8.78 Å². The van der Waals surface area contributed by atoms with E-state index in [0.29, 0.717) is 13.1 Å². The highest BCUT2D eigenvalue weighted by atomic mass is 19.3. The Morgan fingerprint density at radius 2 is 1.61 bits per heavy atom. The number of ether oxygens (including phenoxy) is 1. The average molecular weight is 397 g/mol. The molecule has 1 N–H and O–H groups in total. The normalized spacial score (nSPS) is 15.5. The number of nitrogens with one attached hydrogen (secondary N) is 1. The first-order valence-corrected chi connectivity index (χ1v) is 9.09. The Morgan fingerprint density at radius 3 is 2.14 bits per heavy atom. The van der Waals surface area contributed by atoms with Crippen LogP contribution in [0.25, 0.3) is 0 Å². The Labute approximate surface area is 162 Å².